The van der Waals surface area contributed by atoms with Gasteiger partial charge in [0.2, 0.25) is 0 Å². The van der Waals surface area contributed by atoms with Gasteiger partial charge in [-0.15, -0.1) is 11.3 Å². The zero-order chi connectivity index (χ0) is 13.0. The van der Waals surface area contributed by atoms with Crippen LogP contribution in [0.2, 0.25) is 0 Å². The standard InChI is InChI=1S/C13H13NO2S2/c1-2-16-13(15)10-8-9(14)5-6-11(10)18-12-4-3-7-17-12/h3-8H,2,14H2,1H3. The van der Waals surface area contributed by atoms with Crippen LogP contribution in [0.4, 0.5) is 5.69 Å². The molecule has 0 fully saturated rings. The van der Waals surface area contributed by atoms with Crippen molar-refractivity contribution in [3.8, 4) is 0 Å². The van der Waals surface area contributed by atoms with Crippen LogP contribution >= 0.6 is 23.1 Å². The highest BCUT2D eigenvalue weighted by atomic mass is 32.2. The zero-order valence-corrected chi connectivity index (χ0v) is 11.5. The van der Waals surface area contributed by atoms with Gasteiger partial charge in [-0.1, -0.05) is 17.8 Å². The van der Waals surface area contributed by atoms with Gasteiger partial charge < -0.3 is 10.5 Å². The molecule has 5 heteroatoms. The average Bonchev–Trinajstić information content (AvgIpc) is 2.84. The summed E-state index contributed by atoms with van der Waals surface area (Å²) in [6, 6.07) is 9.30. The van der Waals surface area contributed by atoms with Crippen molar-refractivity contribution in [2.75, 3.05) is 12.3 Å². The van der Waals surface area contributed by atoms with Gasteiger partial charge in [0, 0.05) is 10.6 Å². The molecule has 3 nitrogen and oxygen atoms in total. The number of benzene rings is 1. The van der Waals surface area contributed by atoms with Crippen molar-refractivity contribution in [1.29, 1.82) is 0 Å². The second kappa shape index (κ2) is 5.93. The van der Waals surface area contributed by atoms with Crippen LogP contribution in [0.15, 0.2) is 44.8 Å². The molecule has 0 amide bonds. The number of carbonyl (C=O) groups excluding carboxylic acids is 1. The Morgan fingerprint density at radius 3 is 2.94 bits per heavy atom. The third kappa shape index (κ3) is 3.05. The summed E-state index contributed by atoms with van der Waals surface area (Å²) in [5.74, 6) is -0.330. The molecule has 0 radical (unpaired) electrons. The molecule has 0 spiro atoms. The van der Waals surface area contributed by atoms with E-state index >= 15 is 0 Å². The smallest absolute Gasteiger partial charge is 0.339 e. The Morgan fingerprint density at radius 1 is 1.44 bits per heavy atom. The van der Waals surface area contributed by atoms with Gasteiger partial charge in [0.15, 0.2) is 0 Å². The van der Waals surface area contributed by atoms with Crippen molar-refractivity contribution in [3.05, 3.63) is 41.3 Å². The lowest BCUT2D eigenvalue weighted by Gasteiger charge is -2.08. The van der Waals surface area contributed by atoms with E-state index in [1.54, 1.807) is 42.2 Å². The molecule has 2 aromatic rings. The maximum absolute atomic E-state index is 11.9. The maximum atomic E-state index is 11.9. The highest BCUT2D eigenvalue weighted by Crippen LogP contribution is 2.34. The van der Waals surface area contributed by atoms with Crippen molar-refractivity contribution >= 4 is 34.8 Å². The van der Waals surface area contributed by atoms with E-state index < -0.39 is 0 Å². The molecule has 94 valence electrons. The van der Waals surface area contributed by atoms with Gasteiger partial charge in [-0.3, -0.25) is 0 Å². The Hall–Kier alpha value is -1.46. The first-order valence-electron chi connectivity index (χ1n) is 5.48. The summed E-state index contributed by atoms with van der Waals surface area (Å²) in [6.07, 6.45) is 0. The fraction of sp³-hybridized carbons (Fsp3) is 0.154. The first kappa shape index (κ1) is 13.0. The van der Waals surface area contributed by atoms with Gasteiger partial charge in [-0.05, 0) is 36.6 Å². The first-order chi connectivity index (χ1) is 8.70. The summed E-state index contributed by atoms with van der Waals surface area (Å²) in [4.78, 5) is 12.7. The zero-order valence-electron chi connectivity index (χ0n) is 9.88. The summed E-state index contributed by atoms with van der Waals surface area (Å²) >= 11 is 3.18. The van der Waals surface area contributed by atoms with E-state index in [0.29, 0.717) is 17.9 Å². The van der Waals surface area contributed by atoms with Crippen LogP contribution in [0.5, 0.6) is 0 Å². The minimum absolute atomic E-state index is 0.330. The molecule has 2 rings (SSSR count). The predicted octanol–water partition coefficient (Wildman–Crippen LogP) is 3.66. The van der Waals surface area contributed by atoms with Crippen LogP contribution in [-0.2, 0) is 4.74 Å². The van der Waals surface area contributed by atoms with Gasteiger partial charge in [0.25, 0.3) is 0 Å². The lowest BCUT2D eigenvalue weighted by atomic mass is 10.2. The number of hydrogen-bond acceptors (Lipinski definition) is 5. The molecule has 0 atom stereocenters. The van der Waals surface area contributed by atoms with Gasteiger partial charge in [0.1, 0.15) is 0 Å². The van der Waals surface area contributed by atoms with Crippen LogP contribution in [-0.4, -0.2) is 12.6 Å². The number of nitrogen functional groups attached to an aromatic ring is 1. The third-order valence-corrected chi connectivity index (χ3v) is 4.32. The lowest BCUT2D eigenvalue weighted by Crippen LogP contribution is -2.06. The van der Waals surface area contributed by atoms with E-state index in [9.17, 15) is 4.79 Å². The van der Waals surface area contributed by atoms with Crippen molar-refractivity contribution in [1.82, 2.24) is 0 Å². The number of esters is 1. The number of hydrogen-bond donors (Lipinski definition) is 1. The largest absolute Gasteiger partial charge is 0.462 e. The van der Waals surface area contributed by atoms with E-state index in [-0.39, 0.29) is 5.97 Å². The van der Waals surface area contributed by atoms with Crippen molar-refractivity contribution in [2.24, 2.45) is 0 Å². The fourth-order valence-electron chi connectivity index (χ4n) is 1.43. The van der Waals surface area contributed by atoms with Crippen LogP contribution < -0.4 is 5.73 Å². The van der Waals surface area contributed by atoms with Crippen LogP contribution in [0.3, 0.4) is 0 Å². The summed E-state index contributed by atoms with van der Waals surface area (Å²) < 4.78 is 6.17. The Kier molecular flexibility index (Phi) is 4.28. The quantitative estimate of drug-likeness (QED) is 0.685. The first-order valence-corrected chi connectivity index (χ1v) is 7.18. The average molecular weight is 279 g/mol. The number of thiophene rings is 1. The van der Waals surface area contributed by atoms with E-state index in [1.165, 1.54) is 0 Å². The summed E-state index contributed by atoms with van der Waals surface area (Å²) in [7, 11) is 0. The van der Waals surface area contributed by atoms with Gasteiger partial charge >= 0.3 is 5.97 Å². The predicted molar refractivity (Wildman–Crippen MR) is 75.3 cm³/mol. The number of rotatable bonds is 4. The van der Waals surface area contributed by atoms with Crippen LogP contribution in [0.25, 0.3) is 0 Å². The number of carbonyl (C=O) groups is 1. The molecular formula is C13H13NO2S2. The number of nitrogens with two attached hydrogens (primary N) is 1. The minimum Gasteiger partial charge on any atom is -0.462 e. The molecule has 18 heavy (non-hydrogen) atoms. The van der Waals surface area contributed by atoms with E-state index in [2.05, 4.69) is 0 Å². The molecule has 0 aliphatic rings. The second-order valence-corrected chi connectivity index (χ2v) is 5.80. The highest BCUT2D eigenvalue weighted by molar-refractivity contribution is 8.01. The number of ether oxygens (including phenoxy) is 1. The van der Waals surface area contributed by atoms with Crippen LogP contribution in [0.1, 0.15) is 17.3 Å². The molecule has 0 saturated heterocycles. The van der Waals surface area contributed by atoms with Crippen molar-refractivity contribution < 1.29 is 9.53 Å². The van der Waals surface area contributed by atoms with Gasteiger partial charge in [0.05, 0.1) is 16.4 Å². The van der Waals surface area contributed by atoms with Crippen molar-refractivity contribution in [2.45, 2.75) is 16.0 Å². The molecule has 1 aromatic heterocycles. The molecule has 0 saturated carbocycles. The summed E-state index contributed by atoms with van der Waals surface area (Å²) in [5, 5.41) is 2.00. The Bertz CT molecular complexity index is 538. The normalized spacial score (nSPS) is 10.3. The van der Waals surface area contributed by atoms with E-state index in [0.717, 1.165) is 9.10 Å². The molecule has 0 unspecified atom stereocenters. The van der Waals surface area contributed by atoms with Crippen LogP contribution in [0, 0.1) is 0 Å². The SMILES string of the molecule is CCOC(=O)c1cc(N)ccc1Sc1cccs1. The third-order valence-electron chi connectivity index (χ3n) is 2.20. The van der Waals surface area contributed by atoms with Gasteiger partial charge in [-0.25, -0.2) is 4.79 Å². The molecule has 1 heterocycles. The monoisotopic (exact) mass is 279 g/mol. The number of anilines is 1. The molecular weight excluding hydrogens is 266 g/mol. The summed E-state index contributed by atoms with van der Waals surface area (Å²) in [5.41, 5.74) is 6.81. The maximum Gasteiger partial charge on any atom is 0.339 e. The second-order valence-electron chi connectivity index (χ2n) is 3.51. The Labute approximate surface area is 114 Å². The minimum atomic E-state index is -0.330. The Balaban J connectivity index is 2.31. The van der Waals surface area contributed by atoms with E-state index in [4.69, 9.17) is 10.5 Å². The Morgan fingerprint density at radius 2 is 2.28 bits per heavy atom. The molecule has 0 bridgehead atoms. The molecule has 0 aliphatic carbocycles. The van der Waals surface area contributed by atoms with Crippen molar-refractivity contribution in [3.63, 3.8) is 0 Å². The van der Waals surface area contributed by atoms with Gasteiger partial charge in [-0.2, -0.15) is 0 Å². The molecule has 0 aliphatic heterocycles. The molecule has 1 aromatic carbocycles. The van der Waals surface area contributed by atoms with E-state index in [1.807, 2.05) is 23.6 Å². The summed E-state index contributed by atoms with van der Waals surface area (Å²) in [6.45, 7) is 2.15. The fourth-order valence-corrected chi connectivity index (χ4v) is 3.26. The molecule has 2 N–H and O–H groups in total. The lowest BCUT2D eigenvalue weighted by molar-refractivity contribution is 0.0522. The topological polar surface area (TPSA) is 52.3 Å². The highest BCUT2D eigenvalue weighted by Gasteiger charge is 2.14.